The van der Waals surface area contributed by atoms with Gasteiger partial charge in [-0.15, -0.1) is 0 Å². The van der Waals surface area contributed by atoms with Crippen LogP contribution in [0.15, 0.2) is 0 Å². The van der Waals surface area contributed by atoms with Gasteiger partial charge in [0.15, 0.2) is 0 Å². The molecule has 0 spiro atoms. The van der Waals surface area contributed by atoms with E-state index in [2.05, 4.69) is 12.2 Å². The molecule has 1 fully saturated rings. The summed E-state index contributed by atoms with van der Waals surface area (Å²) in [7, 11) is 2.01. The van der Waals surface area contributed by atoms with Gasteiger partial charge in [0.25, 0.3) is 0 Å². The molecular weight excluding hydrogens is 126 g/mol. The molecule has 1 aliphatic heterocycles. The molecule has 0 radical (unpaired) electrons. The minimum atomic E-state index is 0.479. The molecule has 1 saturated heterocycles. The van der Waals surface area contributed by atoms with Crippen molar-refractivity contribution in [2.24, 2.45) is 5.92 Å². The summed E-state index contributed by atoms with van der Waals surface area (Å²) in [5.41, 5.74) is 0. The summed E-state index contributed by atoms with van der Waals surface area (Å²) in [6, 6.07) is 0. The van der Waals surface area contributed by atoms with Gasteiger partial charge in [-0.3, -0.25) is 0 Å². The Morgan fingerprint density at radius 2 is 2.40 bits per heavy atom. The first-order valence-corrected chi connectivity index (χ1v) is 4.09. The molecule has 10 heavy (non-hydrogen) atoms. The number of rotatable bonds is 2. The molecule has 1 N–H and O–H groups in total. The van der Waals surface area contributed by atoms with Gasteiger partial charge >= 0.3 is 0 Å². The molecule has 0 bridgehead atoms. The Hall–Kier alpha value is -0.0800. The molecule has 2 atom stereocenters. The predicted molar refractivity (Wildman–Crippen MR) is 42.1 cm³/mol. The van der Waals surface area contributed by atoms with Gasteiger partial charge in [0.05, 0.1) is 6.10 Å². The average Bonchev–Trinajstić information content (AvgIpc) is 1.88. The van der Waals surface area contributed by atoms with Crippen molar-refractivity contribution in [3.05, 3.63) is 0 Å². The van der Waals surface area contributed by atoms with E-state index in [0.717, 1.165) is 19.1 Å². The maximum atomic E-state index is 5.43. The molecule has 0 saturated carbocycles. The topological polar surface area (TPSA) is 21.3 Å². The third-order valence-corrected chi connectivity index (χ3v) is 2.09. The van der Waals surface area contributed by atoms with Crippen LogP contribution in [0.2, 0.25) is 0 Å². The lowest BCUT2D eigenvalue weighted by Gasteiger charge is -2.26. The molecule has 0 aromatic heterocycles. The fourth-order valence-corrected chi connectivity index (χ4v) is 1.57. The zero-order chi connectivity index (χ0) is 7.40. The summed E-state index contributed by atoms with van der Waals surface area (Å²) in [6.07, 6.45) is 2.93. The zero-order valence-electron chi connectivity index (χ0n) is 6.89. The van der Waals surface area contributed by atoms with Gasteiger partial charge in [-0.2, -0.15) is 0 Å². The first-order valence-electron chi connectivity index (χ1n) is 4.09. The second kappa shape index (κ2) is 3.94. The lowest BCUT2D eigenvalue weighted by molar-refractivity contribution is 0.00333. The van der Waals surface area contributed by atoms with Gasteiger partial charge in [0.2, 0.25) is 0 Å². The van der Waals surface area contributed by atoms with Gasteiger partial charge in [-0.1, -0.05) is 0 Å². The second-order valence-electron chi connectivity index (χ2n) is 3.13. The highest BCUT2D eigenvalue weighted by molar-refractivity contribution is 4.69. The minimum absolute atomic E-state index is 0.479. The Morgan fingerprint density at radius 3 is 3.00 bits per heavy atom. The average molecular weight is 143 g/mol. The van der Waals surface area contributed by atoms with E-state index in [9.17, 15) is 0 Å². The molecule has 1 rings (SSSR count). The Labute approximate surface area is 63.0 Å². The van der Waals surface area contributed by atoms with Crippen molar-refractivity contribution in [1.29, 1.82) is 0 Å². The van der Waals surface area contributed by atoms with Crippen LogP contribution < -0.4 is 5.32 Å². The lowest BCUT2D eigenvalue weighted by Crippen LogP contribution is -2.29. The smallest absolute Gasteiger partial charge is 0.0550 e. The third kappa shape index (κ3) is 2.27. The van der Waals surface area contributed by atoms with Crippen molar-refractivity contribution in [2.75, 3.05) is 20.2 Å². The summed E-state index contributed by atoms with van der Waals surface area (Å²) in [5.74, 6) is 0.841. The van der Waals surface area contributed by atoms with Crippen LogP contribution >= 0.6 is 0 Å². The lowest BCUT2D eigenvalue weighted by atomic mass is 9.96. The van der Waals surface area contributed by atoms with Crippen molar-refractivity contribution in [3.8, 4) is 0 Å². The third-order valence-electron chi connectivity index (χ3n) is 2.09. The van der Waals surface area contributed by atoms with Crippen molar-refractivity contribution in [2.45, 2.75) is 25.9 Å². The molecule has 0 aromatic rings. The SMILES string of the molecule is CNCC1CCOC(C)C1. The van der Waals surface area contributed by atoms with Gasteiger partial charge in [-0.25, -0.2) is 0 Å². The first-order chi connectivity index (χ1) is 4.83. The standard InChI is InChI=1S/C8H17NO/c1-7-5-8(6-9-2)3-4-10-7/h7-9H,3-6H2,1-2H3. The van der Waals surface area contributed by atoms with E-state index in [1.165, 1.54) is 12.8 Å². The van der Waals surface area contributed by atoms with Gasteiger partial charge in [0.1, 0.15) is 0 Å². The Bertz CT molecular complexity index is 93.3. The molecule has 1 aliphatic rings. The van der Waals surface area contributed by atoms with Crippen molar-refractivity contribution in [1.82, 2.24) is 5.32 Å². The highest BCUT2D eigenvalue weighted by atomic mass is 16.5. The Kier molecular flexibility index (Phi) is 3.16. The maximum absolute atomic E-state index is 5.43. The summed E-state index contributed by atoms with van der Waals surface area (Å²) in [4.78, 5) is 0. The molecule has 0 amide bonds. The zero-order valence-corrected chi connectivity index (χ0v) is 6.89. The van der Waals surface area contributed by atoms with Crippen LogP contribution in [0.5, 0.6) is 0 Å². The minimum Gasteiger partial charge on any atom is -0.378 e. The van der Waals surface area contributed by atoms with E-state index in [1.54, 1.807) is 0 Å². The molecule has 2 unspecified atom stereocenters. The monoisotopic (exact) mass is 143 g/mol. The van der Waals surface area contributed by atoms with Crippen LogP contribution in [0, 0.1) is 5.92 Å². The molecule has 2 heteroatoms. The summed E-state index contributed by atoms with van der Waals surface area (Å²) >= 11 is 0. The van der Waals surface area contributed by atoms with E-state index >= 15 is 0 Å². The molecule has 60 valence electrons. The molecule has 0 aromatic carbocycles. The normalized spacial score (nSPS) is 34.2. The molecule has 0 aliphatic carbocycles. The van der Waals surface area contributed by atoms with Gasteiger partial charge < -0.3 is 10.1 Å². The molecular formula is C8H17NO. The molecule has 1 heterocycles. The fraction of sp³-hybridized carbons (Fsp3) is 1.00. The highest BCUT2D eigenvalue weighted by Crippen LogP contribution is 2.18. The van der Waals surface area contributed by atoms with Gasteiger partial charge in [-0.05, 0) is 39.3 Å². The second-order valence-corrected chi connectivity index (χ2v) is 3.13. The quantitative estimate of drug-likeness (QED) is 0.623. The van der Waals surface area contributed by atoms with Crippen molar-refractivity contribution < 1.29 is 4.74 Å². The summed E-state index contributed by atoms with van der Waals surface area (Å²) in [5, 5.41) is 3.20. The van der Waals surface area contributed by atoms with Crippen LogP contribution in [0.25, 0.3) is 0 Å². The van der Waals surface area contributed by atoms with Crippen LogP contribution in [-0.4, -0.2) is 26.3 Å². The van der Waals surface area contributed by atoms with E-state index in [0.29, 0.717) is 6.10 Å². The fourth-order valence-electron chi connectivity index (χ4n) is 1.57. The summed E-state index contributed by atoms with van der Waals surface area (Å²) in [6.45, 7) is 4.25. The van der Waals surface area contributed by atoms with Crippen LogP contribution in [-0.2, 0) is 4.74 Å². The van der Waals surface area contributed by atoms with E-state index < -0.39 is 0 Å². The number of hydrogen-bond acceptors (Lipinski definition) is 2. The predicted octanol–water partition coefficient (Wildman–Crippen LogP) is 1.02. The number of nitrogens with one attached hydrogen (secondary N) is 1. The van der Waals surface area contributed by atoms with E-state index in [4.69, 9.17) is 4.74 Å². The first kappa shape index (κ1) is 8.02. The largest absolute Gasteiger partial charge is 0.378 e. The van der Waals surface area contributed by atoms with Crippen LogP contribution in [0.1, 0.15) is 19.8 Å². The van der Waals surface area contributed by atoms with E-state index in [-0.39, 0.29) is 0 Å². The Morgan fingerprint density at radius 1 is 1.60 bits per heavy atom. The van der Waals surface area contributed by atoms with Crippen LogP contribution in [0.3, 0.4) is 0 Å². The number of ether oxygens (including phenoxy) is 1. The van der Waals surface area contributed by atoms with E-state index in [1.807, 2.05) is 7.05 Å². The molecule has 2 nitrogen and oxygen atoms in total. The van der Waals surface area contributed by atoms with Crippen molar-refractivity contribution in [3.63, 3.8) is 0 Å². The highest BCUT2D eigenvalue weighted by Gasteiger charge is 2.17. The van der Waals surface area contributed by atoms with Gasteiger partial charge in [0, 0.05) is 6.61 Å². The van der Waals surface area contributed by atoms with Crippen molar-refractivity contribution >= 4 is 0 Å². The van der Waals surface area contributed by atoms with Crippen LogP contribution in [0.4, 0.5) is 0 Å². The Balaban J connectivity index is 2.18. The summed E-state index contributed by atoms with van der Waals surface area (Å²) < 4.78 is 5.43. The number of hydrogen-bond donors (Lipinski definition) is 1. The maximum Gasteiger partial charge on any atom is 0.0550 e.